The second kappa shape index (κ2) is 9.40. The number of amides is 2. The average molecular weight is 496 g/mol. The number of hydrogen-bond donors (Lipinski definition) is 2. The van der Waals surface area contributed by atoms with E-state index in [9.17, 15) is 22.8 Å². The largest absolute Gasteiger partial charge is 0.573 e. The molecule has 1 aromatic heterocycles. The van der Waals surface area contributed by atoms with Crippen molar-refractivity contribution in [2.45, 2.75) is 31.5 Å². The van der Waals surface area contributed by atoms with Crippen LogP contribution in [0, 0.1) is 0 Å². The van der Waals surface area contributed by atoms with Gasteiger partial charge in [0.2, 0.25) is 5.91 Å². The van der Waals surface area contributed by atoms with E-state index in [1.807, 2.05) is 0 Å². The first-order chi connectivity index (χ1) is 15.7. The number of ether oxygens (including phenoxy) is 1. The number of aromatic nitrogens is 1. The van der Waals surface area contributed by atoms with E-state index in [0.29, 0.717) is 33.5 Å². The fraction of sp³-hybridized carbons (Fsp3) is 0.227. The molecule has 2 aromatic carbocycles. The van der Waals surface area contributed by atoms with Gasteiger partial charge in [0.15, 0.2) is 5.13 Å². The Morgan fingerprint density at radius 3 is 2.42 bits per heavy atom. The monoisotopic (exact) mass is 495 g/mol. The first-order valence-electron chi connectivity index (χ1n) is 9.91. The van der Waals surface area contributed by atoms with Crippen molar-refractivity contribution >= 4 is 45.6 Å². The summed E-state index contributed by atoms with van der Waals surface area (Å²) in [5, 5.41) is 6.39. The van der Waals surface area contributed by atoms with Crippen LogP contribution in [0.3, 0.4) is 0 Å². The maximum Gasteiger partial charge on any atom is 0.573 e. The summed E-state index contributed by atoms with van der Waals surface area (Å²) in [6, 6.07) is 11.4. The number of nitrogens with one attached hydrogen (secondary N) is 2. The highest BCUT2D eigenvalue weighted by atomic mass is 35.5. The third-order valence-corrected chi connectivity index (χ3v) is 6.25. The smallest absolute Gasteiger partial charge is 0.406 e. The van der Waals surface area contributed by atoms with Crippen molar-refractivity contribution < 1.29 is 27.5 Å². The molecule has 1 atom stereocenters. The van der Waals surface area contributed by atoms with Gasteiger partial charge in [-0.05, 0) is 67.8 Å². The van der Waals surface area contributed by atoms with Crippen molar-refractivity contribution in [2.24, 2.45) is 0 Å². The summed E-state index contributed by atoms with van der Waals surface area (Å²) in [7, 11) is 0. The van der Waals surface area contributed by atoms with Gasteiger partial charge in [-0.1, -0.05) is 11.6 Å². The highest BCUT2D eigenvalue weighted by molar-refractivity contribution is 7.16. The van der Waals surface area contributed by atoms with Crippen molar-refractivity contribution in [1.29, 1.82) is 0 Å². The van der Waals surface area contributed by atoms with Crippen molar-refractivity contribution in [2.75, 3.05) is 10.6 Å². The van der Waals surface area contributed by atoms with Gasteiger partial charge in [-0.3, -0.25) is 14.9 Å². The Hall–Kier alpha value is -3.11. The normalized spacial score (nSPS) is 15.5. The molecule has 172 valence electrons. The van der Waals surface area contributed by atoms with Gasteiger partial charge < -0.3 is 10.1 Å². The molecule has 0 saturated carbocycles. The Morgan fingerprint density at radius 2 is 1.76 bits per heavy atom. The lowest BCUT2D eigenvalue weighted by Crippen LogP contribution is -2.24. The van der Waals surface area contributed by atoms with Crippen LogP contribution in [0.2, 0.25) is 5.02 Å². The Labute approximate surface area is 195 Å². The van der Waals surface area contributed by atoms with Gasteiger partial charge in [0.1, 0.15) is 5.75 Å². The molecule has 0 fully saturated rings. The van der Waals surface area contributed by atoms with Crippen LogP contribution < -0.4 is 15.4 Å². The average Bonchev–Trinajstić information content (AvgIpc) is 3.17. The zero-order valence-corrected chi connectivity index (χ0v) is 18.5. The Bertz CT molecular complexity index is 1160. The van der Waals surface area contributed by atoms with E-state index in [-0.39, 0.29) is 17.6 Å². The van der Waals surface area contributed by atoms with Gasteiger partial charge >= 0.3 is 6.36 Å². The summed E-state index contributed by atoms with van der Waals surface area (Å²) >= 11 is 7.17. The van der Waals surface area contributed by atoms with Crippen LogP contribution in [0.5, 0.6) is 5.75 Å². The number of hydrogen-bond acceptors (Lipinski definition) is 5. The molecule has 0 spiro atoms. The molecule has 33 heavy (non-hydrogen) atoms. The van der Waals surface area contributed by atoms with E-state index in [0.717, 1.165) is 29.9 Å². The standard InChI is InChI=1S/C22H17ClF3N3O3S/c23-13-6-4-12(5-7-13)19(30)29-21-28-18-16(2-1-3-17(18)33-21)20(31)27-14-8-10-15(11-9-14)32-22(24,25)26/h4-11,16H,1-3H2,(H,27,31)(H,28,29,30). The van der Waals surface area contributed by atoms with Gasteiger partial charge in [0.05, 0.1) is 11.6 Å². The number of rotatable bonds is 5. The van der Waals surface area contributed by atoms with Crippen LogP contribution in [0.15, 0.2) is 48.5 Å². The number of halogens is 4. The van der Waals surface area contributed by atoms with Gasteiger partial charge in [-0.15, -0.1) is 24.5 Å². The second-order valence-corrected chi connectivity index (χ2v) is 8.81. The predicted octanol–water partition coefficient (Wildman–Crippen LogP) is 6.01. The molecular weight excluding hydrogens is 479 g/mol. The van der Waals surface area contributed by atoms with E-state index in [1.165, 1.54) is 23.5 Å². The fourth-order valence-corrected chi connectivity index (χ4v) is 4.65. The Kier molecular flexibility index (Phi) is 6.57. The number of fused-ring (bicyclic) bond motifs is 1. The second-order valence-electron chi connectivity index (χ2n) is 7.29. The molecule has 2 amide bonds. The lowest BCUT2D eigenvalue weighted by molar-refractivity contribution is -0.274. The lowest BCUT2D eigenvalue weighted by atomic mass is 9.90. The topological polar surface area (TPSA) is 80.3 Å². The molecule has 11 heteroatoms. The SMILES string of the molecule is O=C(Nc1nc2c(s1)CCCC2C(=O)Nc1ccc(OC(F)(F)F)cc1)c1ccc(Cl)cc1. The summed E-state index contributed by atoms with van der Waals surface area (Å²) in [6.07, 6.45) is -2.69. The summed E-state index contributed by atoms with van der Waals surface area (Å²) in [4.78, 5) is 30.7. The van der Waals surface area contributed by atoms with E-state index in [4.69, 9.17) is 11.6 Å². The number of aryl methyl sites for hydroxylation is 1. The predicted molar refractivity (Wildman–Crippen MR) is 119 cm³/mol. The fourth-order valence-electron chi connectivity index (χ4n) is 3.47. The van der Waals surface area contributed by atoms with Gasteiger partial charge in [0.25, 0.3) is 5.91 Å². The highest BCUT2D eigenvalue weighted by Gasteiger charge is 2.32. The van der Waals surface area contributed by atoms with Crippen LogP contribution in [0.25, 0.3) is 0 Å². The molecule has 0 bridgehead atoms. The summed E-state index contributed by atoms with van der Waals surface area (Å²) in [6.45, 7) is 0. The van der Waals surface area contributed by atoms with Gasteiger partial charge in [-0.25, -0.2) is 4.98 Å². The minimum atomic E-state index is -4.78. The minimum absolute atomic E-state index is 0.318. The number of thiazole rings is 1. The van der Waals surface area contributed by atoms with E-state index < -0.39 is 12.3 Å². The number of carbonyl (C=O) groups is 2. The molecule has 0 radical (unpaired) electrons. The molecule has 0 saturated heterocycles. The molecule has 1 heterocycles. The van der Waals surface area contributed by atoms with E-state index >= 15 is 0 Å². The third-order valence-electron chi connectivity index (χ3n) is 4.95. The number of carbonyl (C=O) groups excluding carboxylic acids is 2. The van der Waals surface area contributed by atoms with Crippen molar-refractivity contribution in [3.8, 4) is 5.75 Å². The molecule has 1 aliphatic rings. The Balaban J connectivity index is 1.44. The summed E-state index contributed by atoms with van der Waals surface area (Å²) in [5.41, 5.74) is 1.38. The number of benzene rings is 2. The van der Waals surface area contributed by atoms with Crippen LogP contribution in [-0.2, 0) is 11.2 Å². The van der Waals surface area contributed by atoms with E-state index in [2.05, 4.69) is 20.4 Å². The van der Waals surface area contributed by atoms with Crippen molar-refractivity contribution in [3.63, 3.8) is 0 Å². The zero-order valence-electron chi connectivity index (χ0n) is 16.9. The van der Waals surface area contributed by atoms with Crippen molar-refractivity contribution in [1.82, 2.24) is 4.98 Å². The summed E-state index contributed by atoms with van der Waals surface area (Å²) < 4.78 is 40.7. The zero-order chi connectivity index (χ0) is 23.6. The molecule has 1 aliphatic carbocycles. The van der Waals surface area contributed by atoms with Gasteiger partial charge in [0, 0.05) is 21.2 Å². The van der Waals surface area contributed by atoms with E-state index in [1.54, 1.807) is 24.3 Å². The first kappa shape index (κ1) is 23.1. The van der Waals surface area contributed by atoms with Crippen LogP contribution in [0.1, 0.15) is 39.7 Å². The first-order valence-corrected chi connectivity index (χ1v) is 11.1. The number of nitrogens with zero attached hydrogens (tertiary/aromatic N) is 1. The molecule has 3 aromatic rings. The molecule has 1 unspecified atom stereocenters. The number of anilines is 2. The molecule has 0 aliphatic heterocycles. The molecule has 2 N–H and O–H groups in total. The van der Waals surface area contributed by atoms with Crippen LogP contribution >= 0.6 is 22.9 Å². The molecule has 4 rings (SSSR count). The van der Waals surface area contributed by atoms with Gasteiger partial charge in [-0.2, -0.15) is 0 Å². The van der Waals surface area contributed by atoms with Crippen LogP contribution in [0.4, 0.5) is 24.0 Å². The lowest BCUT2D eigenvalue weighted by Gasteiger charge is -2.20. The maximum absolute atomic E-state index is 12.9. The van der Waals surface area contributed by atoms with Crippen molar-refractivity contribution in [3.05, 3.63) is 69.7 Å². The quantitative estimate of drug-likeness (QED) is 0.454. The molecule has 6 nitrogen and oxygen atoms in total. The third kappa shape index (κ3) is 5.82. The highest BCUT2D eigenvalue weighted by Crippen LogP contribution is 2.37. The maximum atomic E-state index is 12.9. The van der Waals surface area contributed by atoms with Crippen LogP contribution in [-0.4, -0.2) is 23.2 Å². The Morgan fingerprint density at radius 1 is 1.06 bits per heavy atom. The number of alkyl halides is 3. The summed E-state index contributed by atoms with van der Waals surface area (Å²) in [5.74, 6) is -1.56. The molecular formula is C22H17ClF3N3O3S. The minimum Gasteiger partial charge on any atom is -0.406 e.